The number of ether oxygens (including phenoxy) is 2. The summed E-state index contributed by atoms with van der Waals surface area (Å²) in [6, 6.07) is 15.8. The highest BCUT2D eigenvalue weighted by Crippen LogP contribution is 2.35. The maximum absolute atomic E-state index is 13.3. The van der Waals surface area contributed by atoms with Gasteiger partial charge in [-0.05, 0) is 36.8 Å². The molecule has 5 nitrogen and oxygen atoms in total. The Labute approximate surface area is 160 Å². The van der Waals surface area contributed by atoms with Crippen molar-refractivity contribution in [1.82, 2.24) is 9.97 Å². The smallest absolute Gasteiger partial charge is 0.423 e. The van der Waals surface area contributed by atoms with Crippen LogP contribution >= 0.6 is 0 Å². The average molecular weight is 389 g/mol. The Hall–Kier alpha value is -3.29. The predicted molar refractivity (Wildman–Crippen MR) is 98.7 cm³/mol. The molecule has 0 aliphatic rings. The van der Waals surface area contributed by atoms with Crippen molar-refractivity contribution in [2.45, 2.75) is 19.7 Å². The maximum atomic E-state index is 13.3. The van der Waals surface area contributed by atoms with Crippen LogP contribution in [0.2, 0.25) is 0 Å². The molecule has 1 aromatic heterocycles. The van der Waals surface area contributed by atoms with Crippen molar-refractivity contribution in [3.8, 4) is 11.6 Å². The molecule has 2 aromatic carbocycles. The molecule has 0 aliphatic heterocycles. The van der Waals surface area contributed by atoms with Crippen LogP contribution in [0.25, 0.3) is 0 Å². The molecule has 8 heteroatoms. The zero-order valence-electron chi connectivity index (χ0n) is 15.0. The topological polar surface area (TPSA) is 56.3 Å². The number of halogens is 3. The first-order chi connectivity index (χ1) is 13.5. The lowest BCUT2D eigenvalue weighted by atomic mass is 10.2. The van der Waals surface area contributed by atoms with Gasteiger partial charge in [0.2, 0.25) is 11.8 Å². The summed E-state index contributed by atoms with van der Waals surface area (Å²) in [7, 11) is 0. The third-order valence-electron chi connectivity index (χ3n) is 3.70. The molecule has 3 aromatic rings. The highest BCUT2D eigenvalue weighted by Gasteiger charge is 2.36. The molecule has 0 radical (unpaired) electrons. The van der Waals surface area contributed by atoms with E-state index in [0.29, 0.717) is 24.2 Å². The molecular formula is C20H18F3N3O2. The van der Waals surface area contributed by atoms with E-state index in [-0.39, 0.29) is 12.6 Å². The fourth-order valence-electron chi connectivity index (χ4n) is 2.39. The van der Waals surface area contributed by atoms with E-state index in [9.17, 15) is 13.2 Å². The Kier molecular flexibility index (Phi) is 5.98. The van der Waals surface area contributed by atoms with Gasteiger partial charge in [0.25, 0.3) is 0 Å². The second-order valence-electron chi connectivity index (χ2n) is 5.77. The number of benzene rings is 2. The van der Waals surface area contributed by atoms with Crippen LogP contribution < -0.4 is 14.8 Å². The summed E-state index contributed by atoms with van der Waals surface area (Å²) < 4.78 is 50.5. The first-order valence-electron chi connectivity index (χ1n) is 8.56. The fraction of sp³-hybridized carbons (Fsp3) is 0.200. The van der Waals surface area contributed by atoms with Crippen LogP contribution in [0.3, 0.4) is 0 Å². The second-order valence-corrected chi connectivity index (χ2v) is 5.77. The summed E-state index contributed by atoms with van der Waals surface area (Å²) in [4.78, 5) is 7.67. The summed E-state index contributed by atoms with van der Waals surface area (Å²) in [5, 5.41) is 2.87. The second kappa shape index (κ2) is 8.60. The van der Waals surface area contributed by atoms with E-state index in [1.54, 1.807) is 48.5 Å². The molecule has 0 aliphatic carbocycles. The van der Waals surface area contributed by atoms with Crippen molar-refractivity contribution >= 4 is 11.6 Å². The Balaban J connectivity index is 1.80. The van der Waals surface area contributed by atoms with Crippen molar-refractivity contribution in [3.05, 3.63) is 71.9 Å². The minimum absolute atomic E-state index is 0.000205. The van der Waals surface area contributed by atoms with Gasteiger partial charge in [0.1, 0.15) is 17.9 Å². The van der Waals surface area contributed by atoms with Crippen LogP contribution in [0, 0.1) is 0 Å². The van der Waals surface area contributed by atoms with Gasteiger partial charge in [-0.2, -0.15) is 18.2 Å². The summed E-state index contributed by atoms with van der Waals surface area (Å²) in [6.07, 6.45) is -3.91. The predicted octanol–water partition coefficient (Wildman–Crippen LogP) is 5.22. The first-order valence-corrected chi connectivity index (χ1v) is 8.56. The van der Waals surface area contributed by atoms with E-state index >= 15 is 0 Å². The van der Waals surface area contributed by atoms with Gasteiger partial charge in [-0.15, -0.1) is 0 Å². The lowest BCUT2D eigenvalue weighted by Crippen LogP contribution is -2.12. The molecule has 28 heavy (non-hydrogen) atoms. The number of rotatable bonds is 7. The number of alkyl halides is 3. The molecule has 0 saturated carbocycles. The molecule has 0 atom stereocenters. The van der Waals surface area contributed by atoms with Crippen LogP contribution in [-0.4, -0.2) is 16.6 Å². The van der Waals surface area contributed by atoms with Crippen LogP contribution in [0.15, 0.2) is 60.8 Å². The quantitative estimate of drug-likeness (QED) is 0.601. The number of hydrogen-bond donors (Lipinski definition) is 1. The minimum atomic E-state index is -4.62. The number of hydrogen-bond acceptors (Lipinski definition) is 5. The van der Waals surface area contributed by atoms with Gasteiger partial charge >= 0.3 is 6.18 Å². The lowest BCUT2D eigenvalue weighted by molar-refractivity contribution is -0.139. The normalized spacial score (nSPS) is 11.1. The maximum Gasteiger partial charge on any atom is 0.423 e. The van der Waals surface area contributed by atoms with Gasteiger partial charge < -0.3 is 14.8 Å². The molecule has 3 rings (SSSR count). The van der Waals surface area contributed by atoms with Crippen LogP contribution in [-0.2, 0) is 12.8 Å². The van der Waals surface area contributed by atoms with Crippen molar-refractivity contribution in [2.24, 2.45) is 0 Å². The molecule has 0 amide bonds. The van der Waals surface area contributed by atoms with Gasteiger partial charge in [-0.25, -0.2) is 4.98 Å². The van der Waals surface area contributed by atoms with Crippen molar-refractivity contribution in [1.29, 1.82) is 0 Å². The Morgan fingerprint density at radius 3 is 2.32 bits per heavy atom. The molecular weight excluding hydrogens is 371 g/mol. The van der Waals surface area contributed by atoms with Gasteiger partial charge in [0.15, 0.2) is 0 Å². The molecule has 1 N–H and O–H groups in total. The van der Waals surface area contributed by atoms with E-state index < -0.39 is 17.6 Å². The highest BCUT2D eigenvalue weighted by atomic mass is 19.4. The van der Waals surface area contributed by atoms with Crippen molar-refractivity contribution in [2.75, 3.05) is 11.9 Å². The number of aromatic nitrogens is 2. The summed E-state index contributed by atoms with van der Waals surface area (Å²) in [5.74, 6) is 0.160. The van der Waals surface area contributed by atoms with Gasteiger partial charge in [0, 0.05) is 11.9 Å². The molecule has 0 spiro atoms. The SMILES string of the molecule is CCOc1ccc(Nc2ncc(C(F)(F)F)c(OCc3ccccc3)n2)cc1. The fourth-order valence-corrected chi connectivity index (χ4v) is 2.39. The van der Waals surface area contributed by atoms with E-state index in [2.05, 4.69) is 15.3 Å². The Morgan fingerprint density at radius 2 is 1.68 bits per heavy atom. The lowest BCUT2D eigenvalue weighted by Gasteiger charge is -2.14. The van der Waals surface area contributed by atoms with E-state index in [0.717, 1.165) is 5.56 Å². The monoisotopic (exact) mass is 389 g/mol. The summed E-state index contributed by atoms with van der Waals surface area (Å²) in [5.41, 5.74) is 0.313. The number of anilines is 2. The summed E-state index contributed by atoms with van der Waals surface area (Å²) in [6.45, 7) is 2.37. The third-order valence-corrected chi connectivity index (χ3v) is 3.70. The van der Waals surface area contributed by atoms with Gasteiger partial charge in [-0.1, -0.05) is 30.3 Å². The molecule has 146 valence electrons. The van der Waals surface area contributed by atoms with Crippen LogP contribution in [0.1, 0.15) is 18.1 Å². The largest absolute Gasteiger partial charge is 0.494 e. The zero-order valence-corrected chi connectivity index (χ0v) is 15.0. The molecule has 1 heterocycles. The van der Waals surface area contributed by atoms with Crippen molar-refractivity contribution in [3.63, 3.8) is 0 Å². The Bertz CT molecular complexity index is 901. The zero-order chi connectivity index (χ0) is 20.0. The number of nitrogens with one attached hydrogen (secondary N) is 1. The molecule has 0 unspecified atom stereocenters. The van der Waals surface area contributed by atoms with E-state index in [1.165, 1.54) is 0 Å². The molecule has 0 saturated heterocycles. The minimum Gasteiger partial charge on any atom is -0.494 e. The van der Waals surface area contributed by atoms with Crippen molar-refractivity contribution < 1.29 is 22.6 Å². The molecule has 0 fully saturated rings. The van der Waals surface area contributed by atoms with E-state index in [4.69, 9.17) is 9.47 Å². The van der Waals surface area contributed by atoms with Crippen LogP contribution in [0.5, 0.6) is 11.6 Å². The molecule has 0 bridgehead atoms. The van der Waals surface area contributed by atoms with Crippen LogP contribution in [0.4, 0.5) is 24.8 Å². The Morgan fingerprint density at radius 1 is 0.964 bits per heavy atom. The average Bonchev–Trinajstić information content (AvgIpc) is 2.68. The standard InChI is InChI=1S/C20H18F3N3O2/c1-2-27-16-10-8-15(9-11-16)25-19-24-12-17(20(21,22)23)18(26-19)28-13-14-6-4-3-5-7-14/h3-12H,2,13H2,1H3,(H,24,25,26). The van der Waals surface area contributed by atoms with E-state index in [1.807, 2.05) is 13.0 Å². The highest BCUT2D eigenvalue weighted by molar-refractivity contribution is 5.55. The number of nitrogens with zero attached hydrogens (tertiary/aromatic N) is 2. The third kappa shape index (κ3) is 5.12. The summed E-state index contributed by atoms with van der Waals surface area (Å²) >= 11 is 0. The van der Waals surface area contributed by atoms with Gasteiger partial charge in [-0.3, -0.25) is 0 Å². The van der Waals surface area contributed by atoms with Gasteiger partial charge in [0.05, 0.1) is 6.61 Å². The first kappa shape index (κ1) is 19.5.